The third kappa shape index (κ3) is 3.74. The first-order valence-corrected chi connectivity index (χ1v) is 9.16. The van der Waals surface area contributed by atoms with Crippen molar-refractivity contribution in [3.05, 3.63) is 58.4 Å². The summed E-state index contributed by atoms with van der Waals surface area (Å²) in [7, 11) is 2.13. The van der Waals surface area contributed by atoms with Crippen molar-refractivity contribution in [1.82, 2.24) is 19.7 Å². The van der Waals surface area contributed by atoms with E-state index < -0.39 is 0 Å². The van der Waals surface area contributed by atoms with Crippen LogP contribution in [0.15, 0.2) is 35.8 Å². The molecule has 0 saturated heterocycles. The summed E-state index contributed by atoms with van der Waals surface area (Å²) >= 11 is 1.71. The maximum absolute atomic E-state index is 4.79. The second-order valence-corrected chi connectivity index (χ2v) is 7.11. The molecule has 0 amide bonds. The molecule has 0 bridgehead atoms. The van der Waals surface area contributed by atoms with Crippen LogP contribution < -0.4 is 0 Å². The Labute approximate surface area is 147 Å². The largest absolute Gasteiger partial charge is 0.296 e. The molecule has 2 aromatic heterocycles. The first kappa shape index (κ1) is 16.9. The van der Waals surface area contributed by atoms with Gasteiger partial charge in [0, 0.05) is 41.8 Å². The molecule has 24 heavy (non-hydrogen) atoms. The fourth-order valence-corrected chi connectivity index (χ4v) is 3.61. The van der Waals surface area contributed by atoms with Gasteiger partial charge >= 0.3 is 0 Å². The Bertz CT molecular complexity index is 801. The quantitative estimate of drug-likeness (QED) is 0.672. The van der Waals surface area contributed by atoms with E-state index >= 15 is 0 Å². The van der Waals surface area contributed by atoms with Gasteiger partial charge in [-0.3, -0.25) is 9.58 Å². The normalized spacial score (nSPS) is 11.4. The van der Waals surface area contributed by atoms with Crippen molar-refractivity contribution >= 4 is 11.3 Å². The standard InChI is InChI=1S/C19H24N4S/c1-5-23-15(3)17(10-20-23)11-22(4)12-18-13-24-19(21-18)16-8-6-14(2)7-9-16/h6-10,13H,5,11-12H2,1-4H3. The molecule has 0 saturated carbocycles. The maximum Gasteiger partial charge on any atom is 0.123 e. The molecule has 0 atom stereocenters. The average Bonchev–Trinajstić information content (AvgIpc) is 3.16. The van der Waals surface area contributed by atoms with Gasteiger partial charge in [-0.05, 0) is 27.8 Å². The third-order valence-corrected chi connectivity index (χ3v) is 5.17. The van der Waals surface area contributed by atoms with E-state index in [1.165, 1.54) is 22.4 Å². The number of hydrogen-bond donors (Lipinski definition) is 0. The zero-order valence-electron chi connectivity index (χ0n) is 14.8. The molecule has 0 unspecified atom stereocenters. The Kier molecular flexibility index (Phi) is 5.11. The number of hydrogen-bond acceptors (Lipinski definition) is 4. The van der Waals surface area contributed by atoms with Crippen molar-refractivity contribution in [1.29, 1.82) is 0 Å². The Hall–Kier alpha value is -1.98. The first-order chi connectivity index (χ1) is 11.6. The van der Waals surface area contributed by atoms with E-state index in [0.29, 0.717) is 0 Å². The molecular formula is C19H24N4S. The molecule has 0 N–H and O–H groups in total. The molecule has 3 rings (SSSR count). The maximum atomic E-state index is 4.79. The van der Waals surface area contributed by atoms with Gasteiger partial charge in [0.1, 0.15) is 5.01 Å². The van der Waals surface area contributed by atoms with Crippen LogP contribution in [0.5, 0.6) is 0 Å². The van der Waals surface area contributed by atoms with Crippen molar-refractivity contribution < 1.29 is 0 Å². The van der Waals surface area contributed by atoms with Crippen molar-refractivity contribution in [3.63, 3.8) is 0 Å². The summed E-state index contributed by atoms with van der Waals surface area (Å²) in [6.07, 6.45) is 1.98. The lowest BCUT2D eigenvalue weighted by Gasteiger charge is -2.15. The van der Waals surface area contributed by atoms with Gasteiger partial charge in [0.2, 0.25) is 0 Å². The Balaban J connectivity index is 1.65. The predicted octanol–water partition coefficient (Wildman–Crippen LogP) is 4.28. The van der Waals surface area contributed by atoms with E-state index in [2.05, 4.69) is 67.5 Å². The summed E-state index contributed by atoms with van der Waals surface area (Å²) in [6.45, 7) is 9.02. The van der Waals surface area contributed by atoms with Crippen molar-refractivity contribution in [2.45, 2.75) is 40.4 Å². The topological polar surface area (TPSA) is 34.0 Å². The lowest BCUT2D eigenvalue weighted by molar-refractivity contribution is 0.315. The van der Waals surface area contributed by atoms with Crippen molar-refractivity contribution in [3.8, 4) is 10.6 Å². The number of benzene rings is 1. The first-order valence-electron chi connectivity index (χ1n) is 8.28. The van der Waals surface area contributed by atoms with Crippen LogP contribution in [0.25, 0.3) is 10.6 Å². The van der Waals surface area contributed by atoms with E-state index in [0.717, 1.165) is 30.3 Å². The van der Waals surface area contributed by atoms with E-state index in [1.807, 2.05) is 10.9 Å². The van der Waals surface area contributed by atoms with Crippen LogP contribution in [0.1, 0.15) is 29.4 Å². The lowest BCUT2D eigenvalue weighted by atomic mass is 10.2. The summed E-state index contributed by atoms with van der Waals surface area (Å²) in [4.78, 5) is 7.08. The molecule has 126 valence electrons. The number of thiazole rings is 1. The number of aryl methyl sites for hydroxylation is 2. The van der Waals surface area contributed by atoms with Crippen molar-refractivity contribution in [2.24, 2.45) is 0 Å². The highest BCUT2D eigenvalue weighted by Gasteiger charge is 2.11. The minimum atomic E-state index is 0.846. The fraction of sp³-hybridized carbons (Fsp3) is 0.368. The SMILES string of the molecule is CCn1ncc(CN(C)Cc2csc(-c3ccc(C)cc3)n2)c1C. The van der Waals surface area contributed by atoms with E-state index in [1.54, 1.807) is 11.3 Å². The van der Waals surface area contributed by atoms with E-state index in [9.17, 15) is 0 Å². The summed E-state index contributed by atoms with van der Waals surface area (Å²) in [5.74, 6) is 0. The highest BCUT2D eigenvalue weighted by atomic mass is 32.1. The third-order valence-electron chi connectivity index (χ3n) is 4.23. The van der Waals surface area contributed by atoms with Crippen LogP contribution in [0.4, 0.5) is 0 Å². The monoisotopic (exact) mass is 340 g/mol. The molecule has 1 aromatic carbocycles. The molecule has 0 fully saturated rings. The number of aromatic nitrogens is 3. The zero-order valence-corrected chi connectivity index (χ0v) is 15.6. The van der Waals surface area contributed by atoms with Crippen LogP contribution in [-0.4, -0.2) is 26.7 Å². The second-order valence-electron chi connectivity index (χ2n) is 6.25. The smallest absolute Gasteiger partial charge is 0.123 e. The minimum absolute atomic E-state index is 0.846. The molecule has 5 heteroatoms. The van der Waals surface area contributed by atoms with Gasteiger partial charge in [-0.15, -0.1) is 11.3 Å². The van der Waals surface area contributed by atoms with E-state index in [-0.39, 0.29) is 0 Å². The lowest BCUT2D eigenvalue weighted by Crippen LogP contribution is -2.18. The molecule has 0 aliphatic carbocycles. The molecule has 2 heterocycles. The number of nitrogens with zero attached hydrogens (tertiary/aromatic N) is 4. The summed E-state index contributed by atoms with van der Waals surface area (Å²) in [5, 5.41) is 7.67. The highest BCUT2D eigenvalue weighted by molar-refractivity contribution is 7.13. The van der Waals surface area contributed by atoms with Gasteiger partial charge in [-0.1, -0.05) is 29.8 Å². The summed E-state index contributed by atoms with van der Waals surface area (Å²) in [5.41, 5.74) is 6.13. The van der Waals surface area contributed by atoms with Crippen LogP contribution >= 0.6 is 11.3 Å². The Morgan fingerprint density at radius 3 is 2.54 bits per heavy atom. The van der Waals surface area contributed by atoms with Gasteiger partial charge in [0.15, 0.2) is 0 Å². The molecule has 0 spiro atoms. The molecule has 0 aliphatic heterocycles. The van der Waals surface area contributed by atoms with Gasteiger partial charge in [-0.2, -0.15) is 5.10 Å². The van der Waals surface area contributed by atoms with Gasteiger partial charge in [-0.25, -0.2) is 4.98 Å². The highest BCUT2D eigenvalue weighted by Crippen LogP contribution is 2.24. The van der Waals surface area contributed by atoms with E-state index in [4.69, 9.17) is 4.98 Å². The summed E-state index contributed by atoms with van der Waals surface area (Å²) < 4.78 is 2.04. The predicted molar refractivity (Wildman–Crippen MR) is 100 cm³/mol. The van der Waals surface area contributed by atoms with Crippen LogP contribution in [-0.2, 0) is 19.6 Å². The van der Waals surface area contributed by atoms with Crippen molar-refractivity contribution in [2.75, 3.05) is 7.05 Å². The fourth-order valence-electron chi connectivity index (χ4n) is 2.79. The van der Waals surface area contributed by atoms with Gasteiger partial charge in [0.05, 0.1) is 11.9 Å². The number of rotatable bonds is 6. The minimum Gasteiger partial charge on any atom is -0.296 e. The zero-order chi connectivity index (χ0) is 17.1. The molecule has 3 aromatic rings. The average molecular weight is 340 g/mol. The second kappa shape index (κ2) is 7.28. The molecular weight excluding hydrogens is 316 g/mol. The van der Waals surface area contributed by atoms with Gasteiger partial charge in [0.25, 0.3) is 0 Å². The molecule has 0 aliphatic rings. The van der Waals surface area contributed by atoms with Crippen LogP contribution in [0.2, 0.25) is 0 Å². The van der Waals surface area contributed by atoms with Gasteiger partial charge < -0.3 is 0 Å². The Morgan fingerprint density at radius 2 is 1.88 bits per heavy atom. The summed E-state index contributed by atoms with van der Waals surface area (Å²) in [6, 6.07) is 8.56. The molecule has 4 nitrogen and oxygen atoms in total. The van der Waals surface area contributed by atoms with Crippen LogP contribution in [0, 0.1) is 13.8 Å². The van der Waals surface area contributed by atoms with Crippen LogP contribution in [0.3, 0.4) is 0 Å². The Morgan fingerprint density at radius 1 is 1.12 bits per heavy atom. The molecule has 0 radical (unpaired) electrons.